The van der Waals surface area contributed by atoms with Gasteiger partial charge in [0.1, 0.15) is 18.3 Å². The molecule has 0 unspecified atom stereocenters. The summed E-state index contributed by atoms with van der Waals surface area (Å²) in [5.74, 6) is -0.149. The van der Waals surface area contributed by atoms with Gasteiger partial charge in [-0.25, -0.2) is 8.42 Å². The van der Waals surface area contributed by atoms with E-state index in [1.807, 2.05) is 39.8 Å². The van der Waals surface area contributed by atoms with Gasteiger partial charge in [0.25, 0.3) is 10.0 Å². The molecule has 0 aliphatic heterocycles. The Hall–Kier alpha value is -3.85. The van der Waals surface area contributed by atoms with Crippen LogP contribution in [0.4, 0.5) is 5.69 Å². The zero-order valence-electron chi connectivity index (χ0n) is 23.8. The Morgan fingerprint density at radius 1 is 0.925 bits per heavy atom. The van der Waals surface area contributed by atoms with Crippen molar-refractivity contribution in [3.8, 4) is 5.75 Å². The summed E-state index contributed by atoms with van der Waals surface area (Å²) in [5.41, 5.74) is 2.04. The number of nitrogens with zero attached hydrogens (tertiary/aromatic N) is 2. The SMILES string of the molecule is CC[C@H](C)NC(=O)[C@H](CC)N(Cc1cccc(OC)c1)C(=O)CN(c1ccccc1)S(=O)(=O)c1ccc(C)cc1. The number of para-hydroxylation sites is 1. The van der Waals surface area contributed by atoms with Crippen LogP contribution < -0.4 is 14.4 Å². The largest absolute Gasteiger partial charge is 0.497 e. The van der Waals surface area contributed by atoms with Crippen molar-refractivity contribution in [3.63, 3.8) is 0 Å². The number of carbonyl (C=O) groups excluding carboxylic acids is 2. The Morgan fingerprint density at radius 2 is 1.60 bits per heavy atom. The standard InChI is InChI=1S/C31H39N3O5S/c1-6-24(4)32-31(36)29(7-2)33(21-25-12-11-15-27(20-25)39-5)30(35)22-34(26-13-9-8-10-14-26)40(37,38)28-18-16-23(3)17-19-28/h8-20,24,29H,6-7,21-22H2,1-5H3,(H,32,36)/t24-,29-/m0/s1. The maximum absolute atomic E-state index is 14.1. The van der Waals surface area contributed by atoms with E-state index in [2.05, 4.69) is 5.32 Å². The second-order valence-electron chi connectivity index (χ2n) is 9.78. The number of sulfonamides is 1. The van der Waals surface area contributed by atoms with Crippen LogP contribution in [0.15, 0.2) is 83.8 Å². The van der Waals surface area contributed by atoms with Crippen LogP contribution in [-0.4, -0.2) is 50.9 Å². The Morgan fingerprint density at radius 3 is 2.20 bits per heavy atom. The molecule has 9 heteroatoms. The predicted molar refractivity (Wildman–Crippen MR) is 158 cm³/mol. The van der Waals surface area contributed by atoms with Gasteiger partial charge in [0.15, 0.2) is 0 Å². The third-order valence-corrected chi connectivity index (χ3v) is 8.59. The quantitative estimate of drug-likeness (QED) is 0.317. The Bertz CT molecular complexity index is 1380. The van der Waals surface area contributed by atoms with Crippen LogP contribution in [0.1, 0.15) is 44.7 Å². The fourth-order valence-electron chi connectivity index (χ4n) is 4.29. The summed E-state index contributed by atoms with van der Waals surface area (Å²) in [6.45, 7) is 7.22. The monoisotopic (exact) mass is 565 g/mol. The third-order valence-electron chi connectivity index (χ3n) is 6.81. The highest BCUT2D eigenvalue weighted by Crippen LogP contribution is 2.25. The van der Waals surface area contributed by atoms with Gasteiger partial charge in [0.2, 0.25) is 11.8 Å². The van der Waals surface area contributed by atoms with E-state index in [0.29, 0.717) is 17.9 Å². The van der Waals surface area contributed by atoms with Crippen LogP contribution in [-0.2, 0) is 26.2 Å². The topological polar surface area (TPSA) is 96.0 Å². The zero-order chi connectivity index (χ0) is 29.3. The molecule has 0 aliphatic rings. The van der Waals surface area contributed by atoms with Crippen molar-refractivity contribution >= 4 is 27.5 Å². The molecule has 3 rings (SSSR count). The van der Waals surface area contributed by atoms with Crippen LogP contribution in [0, 0.1) is 6.92 Å². The minimum Gasteiger partial charge on any atom is -0.497 e. The second-order valence-corrected chi connectivity index (χ2v) is 11.6. The number of hydrogen-bond donors (Lipinski definition) is 1. The Balaban J connectivity index is 2.04. The van der Waals surface area contributed by atoms with Crippen LogP contribution >= 0.6 is 0 Å². The van der Waals surface area contributed by atoms with Crippen molar-refractivity contribution in [1.82, 2.24) is 10.2 Å². The molecule has 0 aromatic heterocycles. The highest BCUT2D eigenvalue weighted by atomic mass is 32.2. The van der Waals surface area contributed by atoms with E-state index in [9.17, 15) is 18.0 Å². The van der Waals surface area contributed by atoms with Crippen molar-refractivity contribution < 1.29 is 22.7 Å². The lowest BCUT2D eigenvalue weighted by molar-refractivity contribution is -0.140. The van der Waals surface area contributed by atoms with Gasteiger partial charge in [-0.3, -0.25) is 13.9 Å². The number of anilines is 1. The average molecular weight is 566 g/mol. The maximum Gasteiger partial charge on any atom is 0.264 e. The molecule has 0 saturated heterocycles. The highest BCUT2D eigenvalue weighted by molar-refractivity contribution is 7.92. The summed E-state index contributed by atoms with van der Waals surface area (Å²) in [4.78, 5) is 29.0. The van der Waals surface area contributed by atoms with Crippen molar-refractivity contribution in [1.29, 1.82) is 0 Å². The molecule has 0 radical (unpaired) electrons. The van der Waals surface area contributed by atoms with E-state index < -0.39 is 28.5 Å². The van der Waals surface area contributed by atoms with Crippen molar-refractivity contribution in [3.05, 3.63) is 90.0 Å². The third kappa shape index (κ3) is 7.63. The van der Waals surface area contributed by atoms with Crippen LogP contribution in [0.3, 0.4) is 0 Å². The molecule has 2 atom stereocenters. The molecule has 0 heterocycles. The van der Waals surface area contributed by atoms with Gasteiger partial charge >= 0.3 is 0 Å². The van der Waals surface area contributed by atoms with E-state index in [4.69, 9.17) is 4.74 Å². The maximum atomic E-state index is 14.1. The first-order valence-corrected chi connectivity index (χ1v) is 14.9. The summed E-state index contributed by atoms with van der Waals surface area (Å²) >= 11 is 0. The molecule has 0 spiro atoms. The minimum atomic E-state index is -4.09. The van der Waals surface area contributed by atoms with Crippen molar-refractivity contribution in [2.45, 2.75) is 64.1 Å². The molecule has 0 fully saturated rings. The first-order chi connectivity index (χ1) is 19.1. The molecule has 3 aromatic rings. The molecule has 8 nitrogen and oxygen atoms in total. The van der Waals surface area contributed by atoms with E-state index in [1.54, 1.807) is 61.7 Å². The summed E-state index contributed by atoms with van der Waals surface area (Å²) in [6, 6.07) is 21.4. The average Bonchev–Trinajstić information content (AvgIpc) is 2.96. The van der Waals surface area contributed by atoms with Crippen LogP contribution in [0.2, 0.25) is 0 Å². The zero-order valence-corrected chi connectivity index (χ0v) is 24.6. The first-order valence-electron chi connectivity index (χ1n) is 13.5. The van der Waals surface area contributed by atoms with Gasteiger partial charge in [-0.2, -0.15) is 0 Å². The smallest absolute Gasteiger partial charge is 0.264 e. The summed E-state index contributed by atoms with van der Waals surface area (Å²) in [7, 11) is -2.53. The molecule has 3 aromatic carbocycles. The number of amides is 2. The molecule has 0 aliphatic carbocycles. The predicted octanol–water partition coefficient (Wildman–Crippen LogP) is 4.92. The molecule has 40 heavy (non-hydrogen) atoms. The highest BCUT2D eigenvalue weighted by Gasteiger charge is 2.34. The molecule has 1 N–H and O–H groups in total. The summed E-state index contributed by atoms with van der Waals surface area (Å²) in [6.07, 6.45) is 1.09. The number of benzene rings is 3. The molecule has 214 valence electrons. The van der Waals surface area contributed by atoms with Crippen LogP contribution in [0.5, 0.6) is 5.75 Å². The number of hydrogen-bond acceptors (Lipinski definition) is 5. The minimum absolute atomic E-state index is 0.0712. The molecule has 0 saturated carbocycles. The number of ether oxygens (including phenoxy) is 1. The van der Waals surface area contributed by atoms with Crippen molar-refractivity contribution in [2.75, 3.05) is 18.0 Å². The van der Waals surface area contributed by atoms with Gasteiger partial charge < -0.3 is 15.0 Å². The fraction of sp³-hybridized carbons (Fsp3) is 0.355. The molecular weight excluding hydrogens is 526 g/mol. The van der Waals surface area contributed by atoms with E-state index in [1.165, 1.54) is 17.0 Å². The summed E-state index contributed by atoms with van der Waals surface area (Å²) < 4.78 is 34.2. The van der Waals surface area contributed by atoms with Gasteiger partial charge in [0, 0.05) is 12.6 Å². The molecule has 2 amide bonds. The van der Waals surface area contributed by atoms with Crippen LogP contribution in [0.25, 0.3) is 0 Å². The summed E-state index contributed by atoms with van der Waals surface area (Å²) in [5, 5.41) is 2.98. The van der Waals surface area contributed by atoms with E-state index in [0.717, 1.165) is 21.9 Å². The molecule has 0 bridgehead atoms. The first kappa shape index (κ1) is 30.7. The van der Waals surface area contributed by atoms with Gasteiger partial charge in [0.05, 0.1) is 17.7 Å². The van der Waals surface area contributed by atoms with Gasteiger partial charge in [-0.05, 0) is 68.7 Å². The number of carbonyl (C=O) groups is 2. The lowest BCUT2D eigenvalue weighted by Gasteiger charge is -2.33. The molecular formula is C31H39N3O5S. The van der Waals surface area contributed by atoms with Gasteiger partial charge in [-0.15, -0.1) is 0 Å². The number of nitrogens with one attached hydrogen (secondary N) is 1. The Labute approximate surface area is 238 Å². The van der Waals surface area contributed by atoms with E-state index in [-0.39, 0.29) is 23.4 Å². The number of methoxy groups -OCH3 is 1. The second kappa shape index (κ2) is 14.0. The van der Waals surface area contributed by atoms with Crippen molar-refractivity contribution in [2.24, 2.45) is 0 Å². The normalized spacial score (nSPS) is 12.7. The Kier molecular flexibility index (Phi) is 10.7. The fourth-order valence-corrected chi connectivity index (χ4v) is 5.70. The van der Waals surface area contributed by atoms with Gasteiger partial charge in [-0.1, -0.05) is 61.9 Å². The lowest BCUT2D eigenvalue weighted by Crippen LogP contribution is -2.53. The lowest BCUT2D eigenvalue weighted by atomic mass is 10.1. The number of rotatable bonds is 13. The van der Waals surface area contributed by atoms with E-state index >= 15 is 0 Å². The number of aryl methyl sites for hydroxylation is 1.